The minimum atomic E-state index is 0.571. The summed E-state index contributed by atoms with van der Waals surface area (Å²) >= 11 is 1.66. The molecule has 126 valence electrons. The summed E-state index contributed by atoms with van der Waals surface area (Å²) in [6.45, 7) is 2.06. The van der Waals surface area contributed by atoms with Gasteiger partial charge in [-0.1, -0.05) is 23.5 Å². The van der Waals surface area contributed by atoms with Gasteiger partial charge in [0.25, 0.3) is 0 Å². The molecule has 0 aliphatic carbocycles. The number of guanidine groups is 1. The molecule has 8 nitrogen and oxygen atoms in total. The molecule has 24 heavy (non-hydrogen) atoms. The Kier molecular flexibility index (Phi) is 5.22. The maximum Gasteiger partial charge on any atom is 0.191 e. The highest BCUT2D eigenvalue weighted by atomic mass is 32.1. The van der Waals surface area contributed by atoms with Crippen LogP contribution in [-0.2, 0) is 13.6 Å². The summed E-state index contributed by atoms with van der Waals surface area (Å²) in [5, 5.41) is 14.8. The first-order valence-electron chi connectivity index (χ1n) is 7.63. The van der Waals surface area contributed by atoms with Gasteiger partial charge in [0.05, 0.1) is 16.8 Å². The summed E-state index contributed by atoms with van der Waals surface area (Å²) in [5.41, 5.74) is 1.03. The molecule has 3 aromatic rings. The van der Waals surface area contributed by atoms with Gasteiger partial charge in [-0.25, -0.2) is 9.97 Å². The van der Waals surface area contributed by atoms with Gasteiger partial charge >= 0.3 is 0 Å². The highest BCUT2D eigenvalue weighted by Gasteiger charge is 2.04. The Labute approximate surface area is 144 Å². The second kappa shape index (κ2) is 7.73. The Morgan fingerprint density at radius 3 is 2.88 bits per heavy atom. The van der Waals surface area contributed by atoms with Crippen molar-refractivity contribution in [3.63, 3.8) is 0 Å². The number of hydrogen-bond donors (Lipinski definition) is 3. The van der Waals surface area contributed by atoms with E-state index in [1.165, 1.54) is 11.0 Å². The number of aliphatic imine (C=N–C) groups is 1. The smallest absolute Gasteiger partial charge is 0.191 e. The van der Waals surface area contributed by atoms with Crippen molar-refractivity contribution in [3.8, 4) is 0 Å². The predicted molar refractivity (Wildman–Crippen MR) is 97.3 cm³/mol. The van der Waals surface area contributed by atoms with E-state index in [0.29, 0.717) is 6.54 Å². The number of fused-ring (bicyclic) bond motifs is 1. The molecule has 0 aliphatic rings. The van der Waals surface area contributed by atoms with Gasteiger partial charge in [0.15, 0.2) is 11.1 Å². The van der Waals surface area contributed by atoms with E-state index in [1.54, 1.807) is 23.1 Å². The fourth-order valence-corrected chi connectivity index (χ4v) is 3.05. The Morgan fingerprint density at radius 1 is 1.25 bits per heavy atom. The van der Waals surface area contributed by atoms with E-state index < -0.39 is 0 Å². The van der Waals surface area contributed by atoms with Crippen LogP contribution in [-0.4, -0.2) is 45.8 Å². The molecule has 0 fully saturated rings. The van der Waals surface area contributed by atoms with Crippen LogP contribution in [0, 0.1) is 0 Å². The summed E-state index contributed by atoms with van der Waals surface area (Å²) in [4.78, 5) is 12.9. The van der Waals surface area contributed by atoms with Crippen LogP contribution in [0.1, 0.15) is 5.82 Å². The van der Waals surface area contributed by atoms with Crippen LogP contribution >= 0.6 is 11.3 Å². The molecule has 0 aliphatic heterocycles. The molecule has 3 N–H and O–H groups in total. The number of rotatable bonds is 6. The van der Waals surface area contributed by atoms with Gasteiger partial charge in [-0.3, -0.25) is 9.67 Å². The minimum Gasteiger partial charge on any atom is -0.360 e. The number of hydrogen-bond acceptors (Lipinski definition) is 6. The molecule has 0 amide bonds. The Bertz CT molecular complexity index is 789. The number of nitrogens with zero attached hydrogens (tertiary/aromatic N) is 5. The lowest BCUT2D eigenvalue weighted by Gasteiger charge is -2.11. The van der Waals surface area contributed by atoms with E-state index in [2.05, 4.69) is 42.1 Å². The summed E-state index contributed by atoms with van der Waals surface area (Å²) in [6, 6.07) is 8.13. The van der Waals surface area contributed by atoms with Crippen molar-refractivity contribution in [2.45, 2.75) is 6.54 Å². The van der Waals surface area contributed by atoms with Gasteiger partial charge < -0.3 is 16.0 Å². The summed E-state index contributed by atoms with van der Waals surface area (Å²) in [5.74, 6) is 1.58. The molecule has 0 atom stereocenters. The third-order valence-electron chi connectivity index (χ3n) is 3.43. The van der Waals surface area contributed by atoms with E-state index in [4.69, 9.17) is 0 Å². The largest absolute Gasteiger partial charge is 0.360 e. The lowest BCUT2D eigenvalue weighted by Crippen LogP contribution is -2.39. The zero-order valence-corrected chi connectivity index (χ0v) is 14.5. The first kappa shape index (κ1) is 16.2. The highest BCUT2D eigenvalue weighted by molar-refractivity contribution is 7.22. The van der Waals surface area contributed by atoms with Gasteiger partial charge in [-0.05, 0) is 12.1 Å². The summed E-state index contributed by atoms with van der Waals surface area (Å²) in [6.07, 6.45) is 1.54. The van der Waals surface area contributed by atoms with E-state index >= 15 is 0 Å². The Hall–Kier alpha value is -2.68. The summed E-state index contributed by atoms with van der Waals surface area (Å²) < 4.78 is 2.92. The van der Waals surface area contributed by atoms with Crippen LogP contribution < -0.4 is 16.0 Å². The van der Waals surface area contributed by atoms with Crippen molar-refractivity contribution in [2.24, 2.45) is 12.0 Å². The highest BCUT2D eigenvalue weighted by Crippen LogP contribution is 2.24. The number of para-hydroxylation sites is 1. The lowest BCUT2D eigenvalue weighted by molar-refractivity contribution is 0.673. The fourth-order valence-electron chi connectivity index (χ4n) is 2.16. The maximum absolute atomic E-state index is 4.55. The minimum absolute atomic E-state index is 0.571. The topological polar surface area (TPSA) is 92.1 Å². The van der Waals surface area contributed by atoms with Crippen LogP contribution in [0.4, 0.5) is 5.13 Å². The molecule has 3 rings (SSSR count). The maximum atomic E-state index is 4.55. The molecular formula is C15H20N8S. The Morgan fingerprint density at radius 2 is 2.12 bits per heavy atom. The summed E-state index contributed by atoms with van der Waals surface area (Å²) in [7, 11) is 3.61. The molecule has 0 saturated heterocycles. The molecule has 1 aromatic carbocycles. The van der Waals surface area contributed by atoms with Crippen LogP contribution in [0.5, 0.6) is 0 Å². The zero-order valence-electron chi connectivity index (χ0n) is 13.7. The molecule has 2 aromatic heterocycles. The molecule has 0 radical (unpaired) electrons. The number of aromatic nitrogens is 4. The molecular weight excluding hydrogens is 324 g/mol. The fraction of sp³-hybridized carbons (Fsp3) is 0.333. The van der Waals surface area contributed by atoms with Crippen molar-refractivity contribution < 1.29 is 0 Å². The molecule has 0 bridgehead atoms. The van der Waals surface area contributed by atoms with Crippen LogP contribution in [0.25, 0.3) is 10.2 Å². The molecule has 0 spiro atoms. The molecule has 9 heteroatoms. The number of aryl methyl sites for hydroxylation is 1. The Balaban J connectivity index is 1.42. The predicted octanol–water partition coefficient (Wildman–Crippen LogP) is 1.20. The van der Waals surface area contributed by atoms with Crippen molar-refractivity contribution >= 4 is 32.6 Å². The third kappa shape index (κ3) is 3.99. The van der Waals surface area contributed by atoms with Crippen molar-refractivity contribution in [2.75, 3.05) is 25.5 Å². The molecule has 0 saturated carbocycles. The van der Waals surface area contributed by atoms with Crippen molar-refractivity contribution in [1.82, 2.24) is 30.4 Å². The van der Waals surface area contributed by atoms with Gasteiger partial charge in [0.2, 0.25) is 0 Å². The van der Waals surface area contributed by atoms with E-state index in [0.717, 1.165) is 35.5 Å². The van der Waals surface area contributed by atoms with E-state index in [9.17, 15) is 0 Å². The zero-order chi connectivity index (χ0) is 16.8. The first-order valence-corrected chi connectivity index (χ1v) is 8.45. The quantitative estimate of drug-likeness (QED) is 0.354. The molecule has 0 unspecified atom stereocenters. The average molecular weight is 344 g/mol. The van der Waals surface area contributed by atoms with Crippen molar-refractivity contribution in [3.05, 3.63) is 36.4 Å². The van der Waals surface area contributed by atoms with Crippen molar-refractivity contribution in [1.29, 1.82) is 0 Å². The van der Waals surface area contributed by atoms with Gasteiger partial charge in [0.1, 0.15) is 12.2 Å². The number of anilines is 1. The molecule has 2 heterocycles. The number of nitrogens with one attached hydrogen (secondary N) is 3. The number of benzene rings is 1. The van der Waals surface area contributed by atoms with E-state index in [-0.39, 0.29) is 0 Å². The normalized spacial score (nSPS) is 11.7. The first-order chi connectivity index (χ1) is 11.8. The third-order valence-corrected chi connectivity index (χ3v) is 4.42. The second-order valence-electron chi connectivity index (χ2n) is 5.07. The SMILES string of the molecule is CN=C(NCCNc1nc2ccccc2s1)NCc1ncnn1C. The average Bonchev–Trinajstić information content (AvgIpc) is 3.19. The van der Waals surface area contributed by atoms with Gasteiger partial charge in [-0.15, -0.1) is 0 Å². The standard InChI is InChI=1S/C15H20N8S/c1-16-14(19-9-13-20-10-21-23(13)2)17-7-8-18-15-22-11-5-3-4-6-12(11)24-15/h3-6,10H,7-9H2,1-2H3,(H,18,22)(H2,16,17,19). The number of thiazole rings is 1. The van der Waals surface area contributed by atoms with Gasteiger partial charge in [0, 0.05) is 27.2 Å². The van der Waals surface area contributed by atoms with Crippen LogP contribution in [0.3, 0.4) is 0 Å². The van der Waals surface area contributed by atoms with E-state index in [1.807, 2.05) is 25.2 Å². The lowest BCUT2D eigenvalue weighted by atomic mass is 10.3. The monoisotopic (exact) mass is 344 g/mol. The van der Waals surface area contributed by atoms with Crippen LogP contribution in [0.15, 0.2) is 35.6 Å². The second-order valence-corrected chi connectivity index (χ2v) is 6.10. The van der Waals surface area contributed by atoms with Crippen LogP contribution in [0.2, 0.25) is 0 Å². The van der Waals surface area contributed by atoms with Gasteiger partial charge in [-0.2, -0.15) is 5.10 Å².